The number of carbonyl (C=O) groups excluding carboxylic acids is 3. The van der Waals surface area contributed by atoms with Gasteiger partial charge in [-0.05, 0) is 46.5 Å². The van der Waals surface area contributed by atoms with Gasteiger partial charge in [-0.2, -0.15) is 0 Å². The van der Waals surface area contributed by atoms with E-state index in [4.69, 9.17) is 9.47 Å². The van der Waals surface area contributed by atoms with Crippen molar-refractivity contribution in [3.05, 3.63) is 0 Å². The number of rotatable bonds is 11. The average molecular weight is 356 g/mol. The molecule has 0 saturated heterocycles. The van der Waals surface area contributed by atoms with Crippen molar-refractivity contribution in [3.8, 4) is 0 Å². The molecule has 1 saturated carbocycles. The first-order valence-electron chi connectivity index (χ1n) is 9.14. The Balaban J connectivity index is 1.99. The molecule has 0 aromatic carbocycles. The van der Waals surface area contributed by atoms with Gasteiger partial charge in [-0.25, -0.2) is 0 Å². The van der Waals surface area contributed by atoms with E-state index in [9.17, 15) is 14.4 Å². The van der Waals surface area contributed by atoms with Crippen LogP contribution in [0.2, 0.25) is 0 Å². The molecule has 0 aliphatic heterocycles. The molecule has 0 unspecified atom stereocenters. The molecule has 1 fully saturated rings. The molecule has 2 amide bonds. The Bertz CT molecular complexity index is 431. The second-order valence-corrected chi connectivity index (χ2v) is 6.80. The summed E-state index contributed by atoms with van der Waals surface area (Å²) in [5.41, 5.74) is 0. The highest BCUT2D eigenvalue weighted by molar-refractivity contribution is 5.78. The predicted octanol–water partition coefficient (Wildman–Crippen LogP) is 1.20. The van der Waals surface area contributed by atoms with Crippen LogP contribution in [-0.2, 0) is 23.9 Å². The zero-order valence-electron chi connectivity index (χ0n) is 15.6. The van der Waals surface area contributed by atoms with E-state index in [0.29, 0.717) is 26.2 Å². The summed E-state index contributed by atoms with van der Waals surface area (Å²) in [5, 5.41) is 5.69. The summed E-state index contributed by atoms with van der Waals surface area (Å²) in [4.78, 5) is 34.6. The Hall–Kier alpha value is -1.47. The van der Waals surface area contributed by atoms with Gasteiger partial charge < -0.3 is 20.1 Å². The van der Waals surface area contributed by atoms with Gasteiger partial charge in [0.25, 0.3) is 0 Å². The summed E-state index contributed by atoms with van der Waals surface area (Å²) >= 11 is 0. The fraction of sp³-hybridized carbons (Fsp3) is 0.833. The number of hydrogen-bond acceptors (Lipinski definition) is 5. The molecule has 2 N–H and O–H groups in total. The highest BCUT2D eigenvalue weighted by Crippen LogP contribution is 2.24. The standard InChI is InChI=1S/C18H32N2O5/c1-13(2)25-12-18(23)19-9-11-24-10-8-17(22)20-16-6-4-15(5-7-16)14(3)21/h13,15-16H,4-12H2,1-3H3,(H,19,23)(H,20,22). The van der Waals surface area contributed by atoms with Gasteiger partial charge in [0.1, 0.15) is 12.4 Å². The minimum absolute atomic E-state index is 0.0259. The molecule has 0 atom stereocenters. The van der Waals surface area contributed by atoms with Crippen molar-refractivity contribution in [3.63, 3.8) is 0 Å². The minimum atomic E-state index is -0.170. The lowest BCUT2D eigenvalue weighted by Gasteiger charge is -2.27. The first kappa shape index (κ1) is 21.6. The third kappa shape index (κ3) is 10.2. The van der Waals surface area contributed by atoms with Crippen LogP contribution in [-0.4, -0.2) is 56.1 Å². The Morgan fingerprint density at radius 1 is 1.04 bits per heavy atom. The first-order chi connectivity index (χ1) is 11.9. The van der Waals surface area contributed by atoms with Crippen molar-refractivity contribution < 1.29 is 23.9 Å². The molecule has 1 aliphatic carbocycles. The van der Waals surface area contributed by atoms with E-state index < -0.39 is 0 Å². The summed E-state index contributed by atoms with van der Waals surface area (Å²) < 4.78 is 10.5. The van der Waals surface area contributed by atoms with Crippen LogP contribution >= 0.6 is 0 Å². The summed E-state index contributed by atoms with van der Waals surface area (Å²) in [7, 11) is 0. The minimum Gasteiger partial charge on any atom is -0.379 e. The fourth-order valence-corrected chi connectivity index (χ4v) is 2.77. The second-order valence-electron chi connectivity index (χ2n) is 6.80. The van der Waals surface area contributed by atoms with Crippen molar-refractivity contribution in [2.24, 2.45) is 5.92 Å². The zero-order valence-corrected chi connectivity index (χ0v) is 15.6. The maximum Gasteiger partial charge on any atom is 0.246 e. The number of ether oxygens (including phenoxy) is 2. The molecule has 0 bridgehead atoms. The van der Waals surface area contributed by atoms with Gasteiger partial charge in [-0.3, -0.25) is 14.4 Å². The molecular weight excluding hydrogens is 324 g/mol. The first-order valence-corrected chi connectivity index (χ1v) is 9.14. The summed E-state index contributed by atoms with van der Waals surface area (Å²) in [5.74, 6) is 0.218. The smallest absolute Gasteiger partial charge is 0.246 e. The fourth-order valence-electron chi connectivity index (χ4n) is 2.77. The lowest BCUT2D eigenvalue weighted by molar-refractivity contribution is -0.127. The number of hydrogen-bond donors (Lipinski definition) is 2. The van der Waals surface area contributed by atoms with Crippen LogP contribution in [0.25, 0.3) is 0 Å². The molecule has 144 valence electrons. The van der Waals surface area contributed by atoms with E-state index in [1.165, 1.54) is 0 Å². The van der Waals surface area contributed by atoms with E-state index in [0.717, 1.165) is 25.7 Å². The highest BCUT2D eigenvalue weighted by atomic mass is 16.5. The topological polar surface area (TPSA) is 93.7 Å². The molecule has 1 aliphatic rings. The second kappa shape index (κ2) is 12.0. The summed E-state index contributed by atoms with van der Waals surface area (Å²) in [6, 6.07) is 0.170. The monoisotopic (exact) mass is 356 g/mol. The largest absolute Gasteiger partial charge is 0.379 e. The SMILES string of the molecule is CC(=O)C1CCC(NC(=O)CCOCCNC(=O)COC(C)C)CC1. The summed E-state index contributed by atoms with van der Waals surface area (Å²) in [6.45, 7) is 6.52. The van der Waals surface area contributed by atoms with Crippen LogP contribution in [0.4, 0.5) is 0 Å². The van der Waals surface area contributed by atoms with E-state index >= 15 is 0 Å². The molecule has 0 heterocycles. The molecule has 0 radical (unpaired) electrons. The number of ketones is 1. The van der Waals surface area contributed by atoms with Crippen molar-refractivity contribution in [2.75, 3.05) is 26.4 Å². The molecule has 0 aromatic heterocycles. The quantitative estimate of drug-likeness (QED) is 0.543. The lowest BCUT2D eigenvalue weighted by atomic mass is 9.84. The molecule has 1 rings (SSSR count). The van der Waals surface area contributed by atoms with E-state index in [1.807, 2.05) is 13.8 Å². The van der Waals surface area contributed by atoms with Crippen LogP contribution in [0, 0.1) is 5.92 Å². The Morgan fingerprint density at radius 2 is 1.72 bits per heavy atom. The van der Waals surface area contributed by atoms with E-state index in [1.54, 1.807) is 6.92 Å². The molecule has 7 heteroatoms. The van der Waals surface area contributed by atoms with E-state index in [2.05, 4.69) is 10.6 Å². The lowest BCUT2D eigenvalue weighted by Crippen LogP contribution is -2.39. The molecule has 0 aromatic rings. The van der Waals surface area contributed by atoms with Crippen LogP contribution in [0.15, 0.2) is 0 Å². The van der Waals surface area contributed by atoms with Gasteiger partial charge in [0.05, 0.1) is 19.3 Å². The van der Waals surface area contributed by atoms with Crippen LogP contribution < -0.4 is 10.6 Å². The van der Waals surface area contributed by atoms with Crippen LogP contribution in [0.3, 0.4) is 0 Å². The van der Waals surface area contributed by atoms with Gasteiger partial charge in [-0.1, -0.05) is 0 Å². The summed E-state index contributed by atoms with van der Waals surface area (Å²) in [6.07, 6.45) is 3.77. The van der Waals surface area contributed by atoms with Crippen LogP contribution in [0.1, 0.15) is 52.9 Å². The van der Waals surface area contributed by atoms with Crippen molar-refractivity contribution in [2.45, 2.75) is 65.0 Å². The average Bonchev–Trinajstić information content (AvgIpc) is 2.56. The maximum absolute atomic E-state index is 11.9. The zero-order chi connectivity index (χ0) is 18.7. The van der Waals surface area contributed by atoms with Crippen molar-refractivity contribution in [1.29, 1.82) is 0 Å². The number of amides is 2. The third-order valence-electron chi connectivity index (χ3n) is 4.26. The van der Waals surface area contributed by atoms with Gasteiger partial charge >= 0.3 is 0 Å². The van der Waals surface area contributed by atoms with Crippen molar-refractivity contribution >= 4 is 17.6 Å². The van der Waals surface area contributed by atoms with Gasteiger partial charge in [0, 0.05) is 24.9 Å². The van der Waals surface area contributed by atoms with E-state index in [-0.39, 0.29) is 42.3 Å². The maximum atomic E-state index is 11.9. The molecule has 7 nitrogen and oxygen atoms in total. The van der Waals surface area contributed by atoms with Gasteiger partial charge in [0.2, 0.25) is 11.8 Å². The Morgan fingerprint density at radius 3 is 2.32 bits per heavy atom. The number of nitrogens with one attached hydrogen (secondary N) is 2. The molecular formula is C18H32N2O5. The number of Topliss-reactive ketones (excluding diaryl/α,β-unsaturated/α-hetero) is 1. The third-order valence-corrected chi connectivity index (χ3v) is 4.26. The normalized spacial score (nSPS) is 20.3. The van der Waals surface area contributed by atoms with Crippen LogP contribution in [0.5, 0.6) is 0 Å². The molecule has 25 heavy (non-hydrogen) atoms. The molecule has 0 spiro atoms. The Kier molecular flexibility index (Phi) is 10.3. The predicted molar refractivity (Wildman–Crippen MR) is 94.1 cm³/mol. The number of carbonyl (C=O) groups is 3. The van der Waals surface area contributed by atoms with Gasteiger partial charge in [-0.15, -0.1) is 0 Å². The Labute approximate surface area is 150 Å². The highest BCUT2D eigenvalue weighted by Gasteiger charge is 2.24. The van der Waals surface area contributed by atoms with Gasteiger partial charge in [0.15, 0.2) is 0 Å². The van der Waals surface area contributed by atoms with Crippen molar-refractivity contribution in [1.82, 2.24) is 10.6 Å².